The number of rotatable bonds is 9. The average molecular weight is 489 g/mol. The van der Waals surface area contributed by atoms with Crippen LogP contribution in [0.1, 0.15) is 70.7 Å². The summed E-state index contributed by atoms with van der Waals surface area (Å²) in [4.78, 5) is 52.5. The van der Waals surface area contributed by atoms with Gasteiger partial charge in [-0.3, -0.25) is 24.4 Å². The molecule has 1 aliphatic rings. The molecule has 35 heavy (non-hydrogen) atoms. The van der Waals surface area contributed by atoms with Crippen LogP contribution in [0.2, 0.25) is 0 Å². The molecular formula is C26H40N4O5. The van der Waals surface area contributed by atoms with Crippen molar-refractivity contribution in [2.24, 2.45) is 17.3 Å². The monoisotopic (exact) mass is 488 g/mol. The number of hydroxylamine groups is 1. The Bertz CT molecular complexity index is 873. The second-order valence-electron chi connectivity index (χ2n) is 10.8. The number of amides is 4. The van der Waals surface area contributed by atoms with Gasteiger partial charge in [0.15, 0.2) is 0 Å². The minimum Gasteiger partial charge on any atom is -0.349 e. The van der Waals surface area contributed by atoms with Crippen molar-refractivity contribution in [3.63, 3.8) is 0 Å². The van der Waals surface area contributed by atoms with E-state index in [2.05, 4.69) is 10.6 Å². The first-order chi connectivity index (χ1) is 16.4. The number of nitrogens with zero attached hydrogens (tertiary/aromatic N) is 1. The van der Waals surface area contributed by atoms with E-state index in [0.717, 1.165) is 0 Å². The standard InChI is InChI=1S/C26H40N4O5/c1-17(2)15-19(16-21(31)29-35)24(33)28-22(26(3,4)5)25(34)30-13-11-20(12-14-30)27-23(32)18-9-7-6-8-10-18/h6-10,17,19-20,22,35H,11-16H2,1-5H3,(H,27,32)(H,28,33)(H,29,31)/t19?,22-/m1/s1. The highest BCUT2D eigenvalue weighted by molar-refractivity contribution is 5.94. The summed E-state index contributed by atoms with van der Waals surface area (Å²) in [5.41, 5.74) is 1.64. The summed E-state index contributed by atoms with van der Waals surface area (Å²) in [6, 6.07) is 8.23. The first-order valence-electron chi connectivity index (χ1n) is 12.3. The highest BCUT2D eigenvalue weighted by atomic mass is 16.5. The van der Waals surface area contributed by atoms with Crippen LogP contribution in [0.3, 0.4) is 0 Å². The molecule has 0 spiro atoms. The Morgan fingerprint density at radius 3 is 2.17 bits per heavy atom. The lowest BCUT2D eigenvalue weighted by molar-refractivity contribution is -0.142. The average Bonchev–Trinajstić information content (AvgIpc) is 2.81. The molecule has 1 unspecified atom stereocenters. The van der Waals surface area contributed by atoms with Crippen LogP contribution >= 0.6 is 0 Å². The second kappa shape index (κ2) is 12.7. The van der Waals surface area contributed by atoms with Gasteiger partial charge >= 0.3 is 0 Å². The molecule has 1 heterocycles. The Labute approximate surface area is 208 Å². The Balaban J connectivity index is 2.01. The van der Waals surface area contributed by atoms with Gasteiger partial charge in [-0.1, -0.05) is 52.8 Å². The van der Waals surface area contributed by atoms with Crippen LogP contribution in [0.25, 0.3) is 0 Å². The number of benzene rings is 1. The molecule has 0 bridgehead atoms. The summed E-state index contributed by atoms with van der Waals surface area (Å²) in [7, 11) is 0. The van der Waals surface area contributed by atoms with Crippen LogP contribution in [0.4, 0.5) is 0 Å². The maximum Gasteiger partial charge on any atom is 0.251 e. The van der Waals surface area contributed by atoms with Crippen molar-refractivity contribution in [1.29, 1.82) is 0 Å². The fraction of sp³-hybridized carbons (Fsp3) is 0.615. The molecule has 0 radical (unpaired) electrons. The summed E-state index contributed by atoms with van der Waals surface area (Å²) in [5.74, 6) is -1.80. The minimum atomic E-state index is -0.766. The van der Waals surface area contributed by atoms with Gasteiger partial charge in [0.05, 0.1) is 0 Å². The Kier molecular flexibility index (Phi) is 10.2. The predicted molar refractivity (Wildman–Crippen MR) is 132 cm³/mol. The maximum absolute atomic E-state index is 13.5. The molecule has 4 N–H and O–H groups in total. The number of likely N-dealkylation sites (tertiary alicyclic amines) is 1. The van der Waals surface area contributed by atoms with Gasteiger partial charge in [0.2, 0.25) is 17.7 Å². The number of hydrogen-bond acceptors (Lipinski definition) is 5. The highest BCUT2D eigenvalue weighted by Crippen LogP contribution is 2.25. The zero-order valence-electron chi connectivity index (χ0n) is 21.5. The third-order valence-corrected chi connectivity index (χ3v) is 6.26. The Hall–Kier alpha value is -2.94. The molecule has 0 aliphatic carbocycles. The molecule has 2 rings (SSSR count). The van der Waals surface area contributed by atoms with Crippen LogP contribution in [-0.2, 0) is 14.4 Å². The van der Waals surface area contributed by atoms with Crippen LogP contribution < -0.4 is 16.1 Å². The van der Waals surface area contributed by atoms with Gasteiger partial charge in [-0.2, -0.15) is 0 Å². The molecule has 4 amide bonds. The van der Waals surface area contributed by atoms with Crippen molar-refractivity contribution in [3.8, 4) is 0 Å². The van der Waals surface area contributed by atoms with Crippen molar-refractivity contribution < 1.29 is 24.4 Å². The molecule has 0 saturated carbocycles. The van der Waals surface area contributed by atoms with Gasteiger partial charge in [-0.05, 0) is 42.7 Å². The molecule has 1 aromatic carbocycles. The van der Waals surface area contributed by atoms with Gasteiger partial charge in [-0.15, -0.1) is 0 Å². The molecule has 1 aliphatic heterocycles. The number of piperidine rings is 1. The van der Waals surface area contributed by atoms with E-state index in [4.69, 9.17) is 5.21 Å². The first-order valence-corrected chi connectivity index (χ1v) is 12.3. The van der Waals surface area contributed by atoms with Gasteiger partial charge in [0.1, 0.15) is 6.04 Å². The van der Waals surface area contributed by atoms with Crippen molar-refractivity contribution in [2.75, 3.05) is 13.1 Å². The van der Waals surface area contributed by atoms with E-state index < -0.39 is 23.3 Å². The fourth-order valence-electron chi connectivity index (χ4n) is 4.32. The topological polar surface area (TPSA) is 128 Å². The van der Waals surface area contributed by atoms with E-state index in [1.165, 1.54) is 0 Å². The lowest BCUT2D eigenvalue weighted by Gasteiger charge is -2.39. The zero-order valence-corrected chi connectivity index (χ0v) is 21.5. The summed E-state index contributed by atoms with van der Waals surface area (Å²) in [6.45, 7) is 10.5. The van der Waals surface area contributed by atoms with Crippen molar-refractivity contribution in [1.82, 2.24) is 21.0 Å². The highest BCUT2D eigenvalue weighted by Gasteiger charge is 2.38. The third kappa shape index (κ3) is 8.65. The van der Waals surface area contributed by atoms with Crippen molar-refractivity contribution in [3.05, 3.63) is 35.9 Å². The Morgan fingerprint density at radius 1 is 1.06 bits per heavy atom. The number of carbonyl (C=O) groups excluding carboxylic acids is 4. The second-order valence-corrected chi connectivity index (χ2v) is 10.8. The zero-order chi connectivity index (χ0) is 26.2. The van der Waals surface area contributed by atoms with E-state index in [9.17, 15) is 19.2 Å². The van der Waals surface area contributed by atoms with Gasteiger partial charge in [-0.25, -0.2) is 5.48 Å². The summed E-state index contributed by atoms with van der Waals surface area (Å²) in [5, 5.41) is 14.8. The van der Waals surface area contributed by atoms with Gasteiger partial charge in [0, 0.05) is 37.0 Å². The quantitative estimate of drug-likeness (QED) is 0.314. The lowest BCUT2D eigenvalue weighted by Crippen LogP contribution is -2.58. The first kappa shape index (κ1) is 28.3. The molecule has 1 aromatic rings. The molecule has 1 fully saturated rings. The smallest absolute Gasteiger partial charge is 0.251 e. The summed E-state index contributed by atoms with van der Waals surface area (Å²) < 4.78 is 0. The molecule has 2 atom stereocenters. The maximum atomic E-state index is 13.5. The Morgan fingerprint density at radius 2 is 1.66 bits per heavy atom. The normalized spacial score (nSPS) is 16.4. The molecule has 0 aromatic heterocycles. The molecule has 9 nitrogen and oxygen atoms in total. The molecule has 194 valence electrons. The summed E-state index contributed by atoms with van der Waals surface area (Å²) in [6.07, 6.45) is 1.55. The SMILES string of the molecule is CC(C)CC(CC(=O)NO)C(=O)N[C@H](C(=O)N1CCC(NC(=O)c2ccccc2)CC1)C(C)(C)C. The largest absolute Gasteiger partial charge is 0.349 e. The van der Waals surface area contributed by atoms with Crippen LogP contribution in [0.5, 0.6) is 0 Å². The van der Waals surface area contributed by atoms with E-state index >= 15 is 0 Å². The number of carbonyl (C=O) groups is 4. The van der Waals surface area contributed by atoms with E-state index in [0.29, 0.717) is 37.9 Å². The third-order valence-electron chi connectivity index (χ3n) is 6.26. The van der Waals surface area contributed by atoms with E-state index in [1.54, 1.807) is 22.5 Å². The summed E-state index contributed by atoms with van der Waals surface area (Å²) >= 11 is 0. The minimum absolute atomic E-state index is 0.0261. The van der Waals surface area contributed by atoms with Gasteiger partial charge < -0.3 is 15.5 Å². The van der Waals surface area contributed by atoms with Gasteiger partial charge in [0.25, 0.3) is 5.91 Å². The van der Waals surface area contributed by atoms with Crippen LogP contribution in [0.15, 0.2) is 30.3 Å². The van der Waals surface area contributed by atoms with Crippen LogP contribution in [-0.4, -0.2) is 58.9 Å². The van der Waals surface area contributed by atoms with Crippen LogP contribution in [0, 0.1) is 17.3 Å². The predicted octanol–water partition coefficient (Wildman–Crippen LogP) is 2.50. The number of nitrogens with one attached hydrogen (secondary N) is 3. The molecule has 9 heteroatoms. The van der Waals surface area contributed by atoms with E-state index in [1.807, 2.05) is 52.8 Å². The molecular weight excluding hydrogens is 448 g/mol. The van der Waals surface area contributed by atoms with E-state index in [-0.39, 0.29) is 36.1 Å². The number of hydrogen-bond donors (Lipinski definition) is 4. The van der Waals surface area contributed by atoms with Crippen molar-refractivity contribution >= 4 is 23.6 Å². The van der Waals surface area contributed by atoms with Crippen molar-refractivity contribution in [2.45, 2.75) is 72.4 Å². The molecule has 1 saturated heterocycles. The lowest BCUT2D eigenvalue weighted by atomic mass is 9.84. The fourth-order valence-corrected chi connectivity index (χ4v) is 4.32.